The molecule has 0 saturated carbocycles. The van der Waals surface area contributed by atoms with E-state index in [1.165, 1.54) is 0 Å². The number of hydrogen-bond acceptors (Lipinski definition) is 16. The van der Waals surface area contributed by atoms with Crippen molar-refractivity contribution < 1.29 is 141 Å². The van der Waals surface area contributed by atoms with Gasteiger partial charge in [-0.15, -0.1) is 0 Å². The van der Waals surface area contributed by atoms with Gasteiger partial charge in [0.05, 0.1) is 13.2 Å². The van der Waals surface area contributed by atoms with Crippen LogP contribution in [0, 0.1) is 0 Å². The normalized spacial score (nSPS) is 29.9. The Hall–Kier alpha value is 0.590. The smallest absolute Gasteiger partial charge is 0.862 e. The van der Waals surface area contributed by atoms with Crippen molar-refractivity contribution in [1.82, 2.24) is 4.90 Å². The first-order chi connectivity index (χ1) is 16.6. The summed E-state index contributed by atoms with van der Waals surface area (Å²) in [6, 6.07) is -1.08. The molecule has 1 saturated heterocycles. The Morgan fingerprint density at radius 2 is 1.79 bits per heavy atom. The molecule has 0 bridgehead atoms. The zero-order valence-electron chi connectivity index (χ0n) is 20.0. The molecular weight excluding hydrogens is 588 g/mol. The fourth-order valence-electron chi connectivity index (χ4n) is 3.14. The topological polar surface area (TPSA) is 309 Å². The van der Waals surface area contributed by atoms with E-state index in [1.807, 2.05) is 0 Å². The van der Waals surface area contributed by atoms with E-state index in [2.05, 4.69) is 13.8 Å². The molecule has 0 aromatic heterocycles. The fraction of sp³-hybridized carbons (Fsp3) is 0.800. The molecule has 0 spiro atoms. The van der Waals surface area contributed by atoms with Crippen molar-refractivity contribution in [2.45, 2.75) is 55.4 Å². The molecule has 10 atom stereocenters. The van der Waals surface area contributed by atoms with Crippen molar-refractivity contribution >= 4 is 33.9 Å². The average molecular weight is 612 g/mol. The summed E-state index contributed by atoms with van der Waals surface area (Å²) < 4.78 is 42.5. The number of urea groups is 1. The molecule has 2 unspecified atom stereocenters. The predicted molar refractivity (Wildman–Crippen MR) is 105 cm³/mol. The van der Waals surface area contributed by atoms with E-state index in [0.717, 1.165) is 4.90 Å². The largest absolute Gasteiger partial charge is 1.00 e. The maximum Gasteiger partial charge on any atom is 1.00 e. The van der Waals surface area contributed by atoms with Crippen LogP contribution in [0.15, 0.2) is 4.99 Å². The van der Waals surface area contributed by atoms with Gasteiger partial charge in [0.25, 0.3) is 7.82 Å². The summed E-state index contributed by atoms with van der Waals surface area (Å²) in [6.07, 6.45) is -16.4. The van der Waals surface area contributed by atoms with Gasteiger partial charge in [-0.1, -0.05) is 0 Å². The number of ether oxygens (including phenoxy) is 1. The Labute approximate surface area is 258 Å². The number of amides is 2. The second-order valence-electron chi connectivity index (χ2n) is 7.51. The monoisotopic (exact) mass is 612 g/mol. The molecule has 0 aliphatic carbocycles. The quantitative estimate of drug-likeness (QED) is 0.0577. The molecule has 2 aliphatic rings. The van der Waals surface area contributed by atoms with Crippen LogP contribution in [0.25, 0.3) is 0 Å². The molecule has 2 amide bonds. The van der Waals surface area contributed by atoms with E-state index in [0.29, 0.717) is 0 Å². The number of aliphatic imine (C=N–C) groups is 1. The molecule has 2 aliphatic heterocycles. The third-order valence-corrected chi connectivity index (χ3v) is 7.56. The number of rotatable bonds is 13. The molecule has 208 valence electrons. The number of hydrogen-bond donors (Lipinski definition) is 7. The standard InChI is InChI=1S/C15H26N2O17P2.2Na/c18-3-6(20)10(22)11(23)7(4-19)33-36(30,34-35(27,28)29)31-5-8-12(24)13(25)14(32-8)17-2-1-9(21)16-15(17)26;;/h3,6-8,10-14,19-20,22-25H,1-2,4-5H2,(H,16,21,26)(H2,27,28,29);;/q;2*+1/p-2/t6-,7+,8+,10+,11+,12+,13+,14+,36?;;/m0../s1. The van der Waals surface area contributed by atoms with E-state index >= 15 is 0 Å². The molecule has 2 rings (SSSR count). The van der Waals surface area contributed by atoms with E-state index in [1.54, 1.807) is 0 Å². The summed E-state index contributed by atoms with van der Waals surface area (Å²) in [5.41, 5.74) is 0. The molecule has 38 heavy (non-hydrogen) atoms. The molecule has 0 aromatic rings. The zero-order valence-corrected chi connectivity index (χ0v) is 25.8. The molecule has 2 heterocycles. The van der Waals surface area contributed by atoms with Gasteiger partial charge in [0, 0.05) is 6.54 Å². The Morgan fingerprint density at radius 3 is 2.29 bits per heavy atom. The van der Waals surface area contributed by atoms with Gasteiger partial charge in [0.2, 0.25) is 0 Å². The van der Waals surface area contributed by atoms with E-state index in [9.17, 15) is 59.4 Å². The SMILES string of the molecule is O=C[C@H](O)[C@@H](O)[C@H](O)[C@@H](CO)OP(=O)(OC[C@H]1O[C@@H](N2CCC([O-])=NC2=O)[C@H](O)[C@@H]1O)OP(=O)([O-])O.[Na+].[Na+]. The number of nitrogens with zero attached hydrogens (tertiary/aromatic N) is 2. The number of aliphatic hydroxyl groups is 6. The van der Waals surface area contributed by atoms with Crippen LogP contribution in [0.2, 0.25) is 0 Å². The predicted octanol–water partition coefficient (Wildman–Crippen LogP) is -11.7. The first kappa shape index (κ1) is 38.6. The second kappa shape index (κ2) is 16.3. The number of aldehydes is 1. The van der Waals surface area contributed by atoms with Crippen LogP contribution in [0.1, 0.15) is 6.42 Å². The Morgan fingerprint density at radius 1 is 1.18 bits per heavy atom. The summed E-state index contributed by atoms with van der Waals surface area (Å²) in [6.45, 7) is -2.67. The number of phosphoric ester groups is 1. The van der Waals surface area contributed by atoms with Gasteiger partial charge >= 0.3 is 73.0 Å². The minimum Gasteiger partial charge on any atom is -0.862 e. The van der Waals surface area contributed by atoms with Crippen LogP contribution in [0.3, 0.4) is 0 Å². The third kappa shape index (κ3) is 10.5. The Balaban J connectivity index is 0.00000684. The summed E-state index contributed by atoms with van der Waals surface area (Å²) in [5, 5.41) is 69.9. The molecule has 7 N–H and O–H groups in total. The number of carbonyl (C=O) groups is 2. The Bertz CT molecular complexity index is 924. The van der Waals surface area contributed by atoms with Gasteiger partial charge < -0.3 is 55.1 Å². The zero-order chi connectivity index (χ0) is 27.4. The molecule has 23 heteroatoms. The fourth-order valence-corrected chi connectivity index (χ4v) is 5.40. The molecule has 1 fully saturated rings. The summed E-state index contributed by atoms with van der Waals surface area (Å²) in [5.74, 6) is -0.725. The molecule has 0 radical (unpaired) electrons. The van der Waals surface area contributed by atoms with Crippen LogP contribution in [0.4, 0.5) is 4.79 Å². The van der Waals surface area contributed by atoms with Crippen molar-refractivity contribution in [2.75, 3.05) is 19.8 Å². The van der Waals surface area contributed by atoms with Crippen molar-refractivity contribution in [3.8, 4) is 0 Å². The number of aliphatic hydroxyl groups excluding tert-OH is 6. The maximum absolute atomic E-state index is 12.8. The van der Waals surface area contributed by atoms with Crippen LogP contribution in [-0.2, 0) is 32.0 Å². The minimum absolute atomic E-state index is 0. The van der Waals surface area contributed by atoms with Crippen LogP contribution in [-0.4, -0.2) is 127 Å². The third-order valence-electron chi connectivity index (χ3n) is 4.94. The second-order valence-corrected chi connectivity index (χ2v) is 10.5. The average Bonchev–Trinajstić information content (AvgIpc) is 3.07. The van der Waals surface area contributed by atoms with Crippen LogP contribution >= 0.6 is 15.6 Å². The van der Waals surface area contributed by atoms with E-state index in [4.69, 9.17) is 14.2 Å². The Kier molecular flexibility index (Phi) is 16.5. The molecule has 19 nitrogen and oxygen atoms in total. The van der Waals surface area contributed by atoms with Crippen LogP contribution < -0.4 is 69.1 Å². The minimum atomic E-state index is -5.91. The maximum atomic E-state index is 12.8. The number of carbonyl (C=O) groups excluding carboxylic acids is 2. The number of phosphoric acid groups is 2. The van der Waals surface area contributed by atoms with Crippen molar-refractivity contribution in [3.05, 3.63) is 0 Å². The van der Waals surface area contributed by atoms with Crippen molar-refractivity contribution in [3.63, 3.8) is 0 Å². The first-order valence-corrected chi connectivity index (χ1v) is 12.9. The molecular formula is C15H24N2Na2O17P2. The van der Waals surface area contributed by atoms with Crippen molar-refractivity contribution in [2.24, 2.45) is 4.99 Å². The van der Waals surface area contributed by atoms with Gasteiger partial charge in [-0.25, -0.2) is 18.7 Å². The first-order valence-electron chi connectivity index (χ1n) is 9.97. The van der Waals surface area contributed by atoms with Gasteiger partial charge in [0.1, 0.15) is 42.7 Å². The van der Waals surface area contributed by atoms with Gasteiger partial charge in [0.15, 0.2) is 12.5 Å². The van der Waals surface area contributed by atoms with Crippen molar-refractivity contribution in [1.29, 1.82) is 0 Å². The summed E-state index contributed by atoms with van der Waals surface area (Å²) in [7, 11) is -11.5. The summed E-state index contributed by atoms with van der Waals surface area (Å²) in [4.78, 5) is 46.6. The van der Waals surface area contributed by atoms with Gasteiger partial charge in [-0.3, -0.25) is 18.5 Å². The summed E-state index contributed by atoms with van der Waals surface area (Å²) >= 11 is 0. The van der Waals surface area contributed by atoms with Gasteiger partial charge in [-0.05, 0) is 12.3 Å². The van der Waals surface area contributed by atoms with Crippen LogP contribution in [0.5, 0.6) is 0 Å². The van der Waals surface area contributed by atoms with E-state index in [-0.39, 0.29) is 78.4 Å². The van der Waals surface area contributed by atoms with Gasteiger partial charge in [-0.2, -0.15) is 0 Å². The van der Waals surface area contributed by atoms with E-state index < -0.39 is 89.7 Å². The molecule has 0 aromatic carbocycles.